The van der Waals surface area contributed by atoms with Gasteiger partial charge in [-0.1, -0.05) is 39.0 Å². The largest absolute Gasteiger partial charge is 0.459 e. The van der Waals surface area contributed by atoms with Crippen LogP contribution in [0.3, 0.4) is 0 Å². The van der Waals surface area contributed by atoms with Gasteiger partial charge in [0.25, 0.3) is 0 Å². The van der Waals surface area contributed by atoms with E-state index < -0.39 is 0 Å². The fourth-order valence-corrected chi connectivity index (χ4v) is 2.81. The number of benzene rings is 1. The van der Waals surface area contributed by atoms with Crippen molar-refractivity contribution in [3.8, 4) is 0 Å². The van der Waals surface area contributed by atoms with Crippen molar-refractivity contribution >= 4 is 11.0 Å². The number of hydrogen-bond donors (Lipinski definition) is 1. The van der Waals surface area contributed by atoms with Crippen LogP contribution in [0.4, 0.5) is 0 Å². The standard InChI is InChI=1S/C17H23NO/c1-4-12-6-5-7-14-16(11(2)3)15(19-17(12)14)10-18-13-8-9-13/h5-7,11,13,18H,4,8-10H2,1-3H3. The molecule has 0 spiro atoms. The van der Waals surface area contributed by atoms with E-state index >= 15 is 0 Å². The number of nitrogens with one attached hydrogen (secondary N) is 1. The fourth-order valence-electron chi connectivity index (χ4n) is 2.81. The number of para-hydroxylation sites is 1. The summed E-state index contributed by atoms with van der Waals surface area (Å²) >= 11 is 0. The molecule has 1 aliphatic rings. The first kappa shape index (κ1) is 12.7. The van der Waals surface area contributed by atoms with Gasteiger partial charge in [-0.05, 0) is 30.7 Å². The molecule has 2 nitrogen and oxygen atoms in total. The Bertz CT molecular complexity index is 578. The molecular formula is C17H23NO. The van der Waals surface area contributed by atoms with E-state index in [0.29, 0.717) is 5.92 Å². The number of rotatable bonds is 5. The summed E-state index contributed by atoms with van der Waals surface area (Å²) in [5, 5.41) is 4.88. The molecule has 0 aliphatic heterocycles. The minimum absolute atomic E-state index is 0.504. The summed E-state index contributed by atoms with van der Waals surface area (Å²) in [7, 11) is 0. The van der Waals surface area contributed by atoms with Crippen molar-refractivity contribution in [3.63, 3.8) is 0 Å². The van der Waals surface area contributed by atoms with Gasteiger partial charge >= 0.3 is 0 Å². The van der Waals surface area contributed by atoms with E-state index in [4.69, 9.17) is 4.42 Å². The Morgan fingerprint density at radius 2 is 2.11 bits per heavy atom. The van der Waals surface area contributed by atoms with Crippen LogP contribution in [0.5, 0.6) is 0 Å². The molecule has 102 valence electrons. The summed E-state index contributed by atoms with van der Waals surface area (Å²) < 4.78 is 6.20. The molecule has 1 N–H and O–H groups in total. The van der Waals surface area contributed by atoms with Gasteiger partial charge in [-0.15, -0.1) is 0 Å². The molecule has 2 aromatic rings. The third-order valence-corrected chi connectivity index (χ3v) is 4.00. The van der Waals surface area contributed by atoms with Crippen LogP contribution in [0.25, 0.3) is 11.0 Å². The van der Waals surface area contributed by atoms with Gasteiger partial charge in [-0.25, -0.2) is 0 Å². The van der Waals surface area contributed by atoms with Gasteiger partial charge in [0.05, 0.1) is 6.54 Å². The second kappa shape index (κ2) is 5.01. The second-order valence-electron chi connectivity index (χ2n) is 5.90. The summed E-state index contributed by atoms with van der Waals surface area (Å²) in [5.74, 6) is 1.64. The van der Waals surface area contributed by atoms with E-state index in [1.165, 1.54) is 29.4 Å². The molecule has 2 heteroatoms. The maximum absolute atomic E-state index is 6.20. The average Bonchev–Trinajstić information content (AvgIpc) is 3.14. The topological polar surface area (TPSA) is 25.2 Å². The highest BCUT2D eigenvalue weighted by Gasteiger charge is 2.23. The quantitative estimate of drug-likeness (QED) is 0.860. The third-order valence-electron chi connectivity index (χ3n) is 4.00. The first-order chi connectivity index (χ1) is 9.20. The Kier molecular flexibility index (Phi) is 3.36. The van der Waals surface area contributed by atoms with Crippen molar-refractivity contribution in [3.05, 3.63) is 35.1 Å². The molecule has 1 heterocycles. The Hall–Kier alpha value is -1.28. The van der Waals surface area contributed by atoms with Crippen LogP contribution in [-0.4, -0.2) is 6.04 Å². The average molecular weight is 257 g/mol. The summed E-state index contributed by atoms with van der Waals surface area (Å²) in [6.45, 7) is 7.57. The zero-order valence-corrected chi connectivity index (χ0v) is 12.1. The Morgan fingerprint density at radius 3 is 2.74 bits per heavy atom. The molecule has 1 aromatic carbocycles. The normalized spacial score (nSPS) is 15.6. The van der Waals surface area contributed by atoms with Gasteiger partial charge < -0.3 is 9.73 Å². The lowest BCUT2D eigenvalue weighted by atomic mass is 9.98. The van der Waals surface area contributed by atoms with Crippen LogP contribution < -0.4 is 5.32 Å². The molecule has 19 heavy (non-hydrogen) atoms. The molecule has 1 aliphatic carbocycles. The number of aryl methyl sites for hydroxylation is 1. The van der Waals surface area contributed by atoms with Crippen molar-refractivity contribution in [2.45, 2.75) is 58.5 Å². The minimum Gasteiger partial charge on any atom is -0.459 e. The Morgan fingerprint density at radius 1 is 1.32 bits per heavy atom. The molecule has 0 amide bonds. The van der Waals surface area contributed by atoms with E-state index in [2.05, 4.69) is 44.3 Å². The predicted octanol–water partition coefficient (Wildman–Crippen LogP) is 4.37. The molecule has 0 atom stereocenters. The van der Waals surface area contributed by atoms with Crippen molar-refractivity contribution in [2.75, 3.05) is 0 Å². The molecule has 0 radical (unpaired) electrons. The van der Waals surface area contributed by atoms with Gasteiger partial charge in [0.15, 0.2) is 0 Å². The Balaban J connectivity index is 2.05. The van der Waals surface area contributed by atoms with Gasteiger partial charge in [0.1, 0.15) is 11.3 Å². The molecule has 3 rings (SSSR count). The Labute approximate surface area is 115 Å². The zero-order chi connectivity index (χ0) is 13.4. The molecule has 1 aromatic heterocycles. The van der Waals surface area contributed by atoms with Crippen LogP contribution in [-0.2, 0) is 13.0 Å². The maximum atomic E-state index is 6.20. The smallest absolute Gasteiger partial charge is 0.137 e. The third kappa shape index (κ3) is 2.42. The first-order valence-electron chi connectivity index (χ1n) is 7.47. The van der Waals surface area contributed by atoms with Crippen molar-refractivity contribution in [1.82, 2.24) is 5.32 Å². The number of furan rings is 1. The van der Waals surface area contributed by atoms with Crippen LogP contribution in [0.1, 0.15) is 56.4 Å². The SMILES string of the molecule is CCc1cccc2c(C(C)C)c(CNC3CC3)oc12. The van der Waals surface area contributed by atoms with Gasteiger partial charge in [-0.2, -0.15) is 0 Å². The molecule has 0 saturated heterocycles. The summed E-state index contributed by atoms with van der Waals surface area (Å²) in [6.07, 6.45) is 3.66. The molecule has 0 bridgehead atoms. The van der Waals surface area contributed by atoms with Crippen molar-refractivity contribution < 1.29 is 4.42 Å². The minimum atomic E-state index is 0.504. The van der Waals surface area contributed by atoms with Crippen LogP contribution >= 0.6 is 0 Å². The number of fused-ring (bicyclic) bond motifs is 1. The predicted molar refractivity (Wildman–Crippen MR) is 79.5 cm³/mol. The van der Waals surface area contributed by atoms with E-state index in [0.717, 1.165) is 30.4 Å². The molecule has 1 fully saturated rings. The van der Waals surface area contributed by atoms with Gasteiger partial charge in [0, 0.05) is 17.0 Å². The van der Waals surface area contributed by atoms with E-state index in [1.54, 1.807) is 0 Å². The van der Waals surface area contributed by atoms with Crippen LogP contribution in [0.15, 0.2) is 22.6 Å². The molecular weight excluding hydrogens is 234 g/mol. The lowest BCUT2D eigenvalue weighted by molar-refractivity contribution is 0.501. The van der Waals surface area contributed by atoms with Gasteiger partial charge in [0.2, 0.25) is 0 Å². The molecule has 0 unspecified atom stereocenters. The highest BCUT2D eigenvalue weighted by molar-refractivity contribution is 5.85. The summed E-state index contributed by atoms with van der Waals surface area (Å²) in [5.41, 5.74) is 3.80. The molecule has 1 saturated carbocycles. The monoisotopic (exact) mass is 257 g/mol. The van der Waals surface area contributed by atoms with Crippen molar-refractivity contribution in [2.24, 2.45) is 0 Å². The fraction of sp³-hybridized carbons (Fsp3) is 0.529. The van der Waals surface area contributed by atoms with Crippen LogP contribution in [0.2, 0.25) is 0 Å². The number of hydrogen-bond acceptors (Lipinski definition) is 2. The summed E-state index contributed by atoms with van der Waals surface area (Å²) in [4.78, 5) is 0. The highest BCUT2D eigenvalue weighted by atomic mass is 16.3. The van der Waals surface area contributed by atoms with Crippen LogP contribution in [0, 0.1) is 0 Å². The lowest BCUT2D eigenvalue weighted by Gasteiger charge is -2.07. The second-order valence-corrected chi connectivity index (χ2v) is 5.90. The summed E-state index contributed by atoms with van der Waals surface area (Å²) in [6, 6.07) is 7.25. The van der Waals surface area contributed by atoms with E-state index in [-0.39, 0.29) is 0 Å². The van der Waals surface area contributed by atoms with Gasteiger partial charge in [-0.3, -0.25) is 0 Å². The highest BCUT2D eigenvalue weighted by Crippen LogP contribution is 2.34. The maximum Gasteiger partial charge on any atom is 0.137 e. The van der Waals surface area contributed by atoms with E-state index in [9.17, 15) is 0 Å². The first-order valence-corrected chi connectivity index (χ1v) is 7.47. The van der Waals surface area contributed by atoms with Crippen molar-refractivity contribution in [1.29, 1.82) is 0 Å². The lowest BCUT2D eigenvalue weighted by Crippen LogP contribution is -2.15. The zero-order valence-electron chi connectivity index (χ0n) is 12.1. The van der Waals surface area contributed by atoms with E-state index in [1.807, 2.05) is 0 Å².